The van der Waals surface area contributed by atoms with E-state index in [1.54, 1.807) is 39.0 Å². The van der Waals surface area contributed by atoms with Crippen molar-refractivity contribution >= 4 is 46.6 Å². The fourth-order valence-corrected chi connectivity index (χ4v) is 3.51. The van der Waals surface area contributed by atoms with E-state index < -0.39 is 17.7 Å². The predicted octanol–water partition coefficient (Wildman–Crippen LogP) is 5.30. The average molecular weight is 407 g/mol. The minimum atomic E-state index is -0.727. The molecule has 27 heavy (non-hydrogen) atoms. The van der Waals surface area contributed by atoms with E-state index in [0.717, 1.165) is 5.56 Å². The number of hydrogen-bond acceptors (Lipinski definition) is 3. The van der Waals surface area contributed by atoms with Gasteiger partial charge in [0.05, 0.1) is 5.69 Å². The number of rotatable bonds is 2. The molecule has 1 aliphatic rings. The number of para-hydroxylation sites is 1. The van der Waals surface area contributed by atoms with Gasteiger partial charge in [-0.3, -0.25) is 9.69 Å². The van der Waals surface area contributed by atoms with Gasteiger partial charge in [0.2, 0.25) is 5.91 Å². The first-order chi connectivity index (χ1) is 12.6. The molecular formula is C20H20Cl2N2O3. The molecule has 0 aliphatic carbocycles. The topological polar surface area (TPSA) is 58.6 Å². The second-order valence-corrected chi connectivity index (χ2v) is 8.22. The van der Waals surface area contributed by atoms with Crippen LogP contribution < -0.4 is 10.2 Å². The van der Waals surface area contributed by atoms with Gasteiger partial charge in [0, 0.05) is 22.2 Å². The maximum Gasteiger partial charge on any atom is 0.415 e. The number of amides is 2. The van der Waals surface area contributed by atoms with Crippen LogP contribution in [0.15, 0.2) is 42.5 Å². The third-order valence-corrected chi connectivity index (χ3v) is 4.44. The lowest BCUT2D eigenvalue weighted by molar-refractivity contribution is -0.117. The van der Waals surface area contributed by atoms with Crippen molar-refractivity contribution in [3.63, 3.8) is 0 Å². The summed E-state index contributed by atoms with van der Waals surface area (Å²) in [5.41, 5.74) is 1.39. The summed E-state index contributed by atoms with van der Waals surface area (Å²) < 4.78 is 5.51. The zero-order valence-corrected chi connectivity index (χ0v) is 16.8. The Labute approximate surface area is 168 Å². The van der Waals surface area contributed by atoms with E-state index in [1.165, 1.54) is 4.90 Å². The first-order valence-corrected chi connectivity index (χ1v) is 9.27. The number of nitrogens with one attached hydrogen (secondary N) is 1. The van der Waals surface area contributed by atoms with Crippen LogP contribution in [0.25, 0.3) is 0 Å². The van der Waals surface area contributed by atoms with E-state index >= 15 is 0 Å². The highest BCUT2D eigenvalue weighted by molar-refractivity contribution is 6.35. The molecule has 0 saturated carbocycles. The van der Waals surface area contributed by atoms with E-state index in [4.69, 9.17) is 27.9 Å². The Bertz CT molecular complexity index is 873. The van der Waals surface area contributed by atoms with Crippen molar-refractivity contribution in [2.45, 2.75) is 38.8 Å². The minimum absolute atomic E-state index is 0.338. The highest BCUT2D eigenvalue weighted by atomic mass is 35.5. The molecule has 0 bridgehead atoms. The number of carbonyl (C=O) groups is 2. The van der Waals surface area contributed by atoms with E-state index in [-0.39, 0.29) is 5.91 Å². The minimum Gasteiger partial charge on any atom is -0.443 e. The summed E-state index contributed by atoms with van der Waals surface area (Å²) in [6.07, 6.45) is -0.160. The van der Waals surface area contributed by atoms with Crippen LogP contribution in [0.3, 0.4) is 0 Å². The molecule has 0 radical (unpaired) electrons. The molecule has 1 heterocycles. The van der Waals surface area contributed by atoms with Crippen molar-refractivity contribution in [1.29, 1.82) is 0 Å². The second-order valence-electron chi connectivity index (χ2n) is 7.35. The summed E-state index contributed by atoms with van der Waals surface area (Å²) >= 11 is 12.0. The molecule has 142 valence electrons. The number of nitrogens with zero attached hydrogens (tertiary/aromatic N) is 1. The van der Waals surface area contributed by atoms with Gasteiger partial charge >= 0.3 is 6.09 Å². The molecule has 7 heteroatoms. The average Bonchev–Trinajstić information content (AvgIpc) is 2.91. The molecule has 1 unspecified atom stereocenters. The molecule has 5 nitrogen and oxygen atoms in total. The SMILES string of the molecule is CC(C)(C)OC(=O)N1c2ccccc2CC1C(=O)Nc1cc(Cl)cc(Cl)c1. The monoisotopic (exact) mass is 406 g/mol. The first kappa shape index (κ1) is 19.5. The molecule has 1 aliphatic heterocycles. The number of ether oxygens (including phenoxy) is 1. The van der Waals surface area contributed by atoms with Crippen LogP contribution in [0.2, 0.25) is 10.0 Å². The number of carbonyl (C=O) groups excluding carboxylic acids is 2. The van der Waals surface area contributed by atoms with Crippen molar-refractivity contribution < 1.29 is 14.3 Å². The summed E-state index contributed by atoms with van der Waals surface area (Å²) in [4.78, 5) is 27.1. The normalized spacial score (nSPS) is 16.0. The quantitative estimate of drug-likeness (QED) is 0.735. The zero-order chi connectivity index (χ0) is 19.8. The van der Waals surface area contributed by atoms with Crippen molar-refractivity contribution in [3.8, 4) is 0 Å². The lowest BCUT2D eigenvalue weighted by Crippen LogP contribution is -2.47. The van der Waals surface area contributed by atoms with E-state index in [1.807, 2.05) is 24.3 Å². The molecule has 3 rings (SSSR count). The van der Waals surface area contributed by atoms with Gasteiger partial charge in [0.25, 0.3) is 0 Å². The summed E-state index contributed by atoms with van der Waals surface area (Å²) in [6, 6.07) is 11.5. The molecule has 1 atom stereocenters. The fourth-order valence-electron chi connectivity index (χ4n) is 2.98. The van der Waals surface area contributed by atoms with Crippen LogP contribution in [-0.2, 0) is 16.0 Å². The zero-order valence-electron chi connectivity index (χ0n) is 15.3. The third-order valence-electron chi connectivity index (χ3n) is 4.00. The van der Waals surface area contributed by atoms with Crippen LogP contribution in [0.4, 0.5) is 16.2 Å². The molecule has 0 fully saturated rings. The number of benzene rings is 2. The molecule has 0 spiro atoms. The van der Waals surface area contributed by atoms with Gasteiger partial charge in [-0.15, -0.1) is 0 Å². The van der Waals surface area contributed by atoms with E-state index in [0.29, 0.717) is 27.8 Å². The maximum absolute atomic E-state index is 12.9. The van der Waals surface area contributed by atoms with Crippen molar-refractivity contribution in [3.05, 3.63) is 58.1 Å². The third kappa shape index (κ3) is 4.54. The maximum atomic E-state index is 12.9. The lowest BCUT2D eigenvalue weighted by atomic mass is 10.1. The summed E-state index contributed by atoms with van der Waals surface area (Å²) in [6.45, 7) is 5.36. The summed E-state index contributed by atoms with van der Waals surface area (Å²) in [5, 5.41) is 3.62. The van der Waals surface area contributed by atoms with Crippen LogP contribution in [-0.4, -0.2) is 23.6 Å². The fraction of sp³-hybridized carbons (Fsp3) is 0.300. The molecule has 2 aromatic rings. The summed E-state index contributed by atoms with van der Waals surface area (Å²) in [7, 11) is 0. The standard InChI is InChI=1S/C20H20Cl2N2O3/c1-20(2,3)27-19(26)24-16-7-5-4-6-12(16)8-17(24)18(25)23-15-10-13(21)9-14(22)11-15/h4-7,9-11,17H,8H2,1-3H3,(H,23,25). The smallest absolute Gasteiger partial charge is 0.415 e. The Hall–Kier alpha value is -2.24. The second kappa shape index (κ2) is 7.41. The first-order valence-electron chi connectivity index (χ1n) is 8.51. The van der Waals surface area contributed by atoms with Crippen LogP contribution in [0.5, 0.6) is 0 Å². The Morgan fingerprint density at radius 2 is 1.74 bits per heavy atom. The molecule has 0 aromatic heterocycles. The van der Waals surface area contributed by atoms with Gasteiger partial charge in [-0.2, -0.15) is 0 Å². The van der Waals surface area contributed by atoms with Crippen LogP contribution >= 0.6 is 23.2 Å². The Morgan fingerprint density at radius 3 is 2.37 bits per heavy atom. The number of anilines is 2. The van der Waals surface area contributed by atoms with E-state index in [9.17, 15) is 9.59 Å². The number of hydrogen-bond donors (Lipinski definition) is 1. The number of fused-ring (bicyclic) bond motifs is 1. The van der Waals surface area contributed by atoms with Gasteiger partial charge in [-0.25, -0.2) is 4.79 Å². The molecule has 2 aromatic carbocycles. The largest absolute Gasteiger partial charge is 0.443 e. The number of halogens is 2. The molecule has 1 N–H and O–H groups in total. The van der Waals surface area contributed by atoms with Crippen molar-refractivity contribution in [2.24, 2.45) is 0 Å². The Kier molecular flexibility index (Phi) is 5.36. The summed E-state index contributed by atoms with van der Waals surface area (Å²) in [5.74, 6) is -0.338. The van der Waals surface area contributed by atoms with Gasteiger partial charge < -0.3 is 10.1 Å². The Balaban J connectivity index is 1.88. The van der Waals surface area contributed by atoms with Crippen molar-refractivity contribution in [1.82, 2.24) is 0 Å². The van der Waals surface area contributed by atoms with Gasteiger partial charge in [-0.05, 0) is 50.6 Å². The molecule has 0 saturated heterocycles. The van der Waals surface area contributed by atoms with Gasteiger partial charge in [-0.1, -0.05) is 41.4 Å². The molecule has 2 amide bonds. The van der Waals surface area contributed by atoms with E-state index in [2.05, 4.69) is 5.32 Å². The van der Waals surface area contributed by atoms with Crippen LogP contribution in [0.1, 0.15) is 26.3 Å². The predicted molar refractivity (Wildman–Crippen MR) is 108 cm³/mol. The Morgan fingerprint density at radius 1 is 1.11 bits per heavy atom. The highest BCUT2D eigenvalue weighted by Gasteiger charge is 2.40. The van der Waals surface area contributed by atoms with Gasteiger partial charge in [0.1, 0.15) is 11.6 Å². The van der Waals surface area contributed by atoms with Crippen molar-refractivity contribution in [2.75, 3.05) is 10.2 Å². The molecular weight excluding hydrogens is 387 g/mol. The van der Waals surface area contributed by atoms with Crippen LogP contribution in [0, 0.1) is 0 Å². The van der Waals surface area contributed by atoms with Gasteiger partial charge in [0.15, 0.2) is 0 Å². The lowest BCUT2D eigenvalue weighted by Gasteiger charge is -2.28. The highest BCUT2D eigenvalue weighted by Crippen LogP contribution is 2.34.